The highest BCUT2D eigenvalue weighted by molar-refractivity contribution is 5.13. The van der Waals surface area contributed by atoms with Gasteiger partial charge in [0.1, 0.15) is 0 Å². The van der Waals surface area contributed by atoms with Gasteiger partial charge in [-0.1, -0.05) is 49.4 Å². The molecule has 0 radical (unpaired) electrons. The van der Waals surface area contributed by atoms with Crippen LogP contribution in [0.25, 0.3) is 0 Å². The molecule has 3 nitrogen and oxygen atoms in total. The molecule has 3 heteroatoms. The molecule has 1 aromatic rings. The number of hydrogen-bond donors (Lipinski definition) is 0. The normalized spacial score (nSPS) is 24.1. The van der Waals surface area contributed by atoms with Crippen molar-refractivity contribution < 1.29 is 14.2 Å². The molecule has 1 aromatic carbocycles. The van der Waals surface area contributed by atoms with Crippen LogP contribution in [0.3, 0.4) is 0 Å². The van der Waals surface area contributed by atoms with Gasteiger partial charge in [-0.2, -0.15) is 0 Å². The standard InChI is InChI=1S/C20H30O3/c1-17-15-22-20(2,3)23-19(17)13-9-4-5-10-14-21-16-18-11-7-6-8-12-18/h4-8,11-12,17,19H,9-10,13-16H2,1-3H3/b5-4+. The zero-order valence-corrected chi connectivity index (χ0v) is 14.7. The van der Waals surface area contributed by atoms with Crippen LogP contribution in [0.15, 0.2) is 42.5 Å². The monoisotopic (exact) mass is 318 g/mol. The van der Waals surface area contributed by atoms with Crippen molar-refractivity contribution in [2.24, 2.45) is 5.92 Å². The molecule has 1 aliphatic rings. The van der Waals surface area contributed by atoms with Crippen LogP contribution in [0.1, 0.15) is 45.6 Å². The van der Waals surface area contributed by atoms with Crippen molar-refractivity contribution in [1.82, 2.24) is 0 Å². The van der Waals surface area contributed by atoms with Gasteiger partial charge in [0.05, 0.1) is 25.9 Å². The molecule has 1 saturated heterocycles. The summed E-state index contributed by atoms with van der Waals surface area (Å²) in [6.07, 6.45) is 7.80. The molecule has 1 heterocycles. The van der Waals surface area contributed by atoms with E-state index >= 15 is 0 Å². The first kappa shape index (κ1) is 18.2. The van der Waals surface area contributed by atoms with Crippen molar-refractivity contribution in [3.8, 4) is 0 Å². The minimum absolute atomic E-state index is 0.290. The Balaban J connectivity index is 1.55. The van der Waals surface area contributed by atoms with E-state index in [-0.39, 0.29) is 6.10 Å². The fourth-order valence-electron chi connectivity index (χ4n) is 2.71. The average Bonchev–Trinajstić information content (AvgIpc) is 2.54. The molecule has 128 valence electrons. The summed E-state index contributed by atoms with van der Waals surface area (Å²) < 4.78 is 17.3. The van der Waals surface area contributed by atoms with E-state index < -0.39 is 5.79 Å². The van der Waals surface area contributed by atoms with Crippen LogP contribution < -0.4 is 0 Å². The summed E-state index contributed by atoms with van der Waals surface area (Å²) in [6.45, 7) is 8.42. The van der Waals surface area contributed by atoms with Crippen molar-refractivity contribution in [1.29, 1.82) is 0 Å². The van der Waals surface area contributed by atoms with Crippen molar-refractivity contribution in [2.45, 2.75) is 58.5 Å². The lowest BCUT2D eigenvalue weighted by Crippen LogP contribution is -2.44. The fourth-order valence-corrected chi connectivity index (χ4v) is 2.71. The van der Waals surface area contributed by atoms with Crippen LogP contribution in [0, 0.1) is 5.92 Å². The molecule has 23 heavy (non-hydrogen) atoms. The minimum Gasteiger partial charge on any atom is -0.376 e. The van der Waals surface area contributed by atoms with Gasteiger partial charge in [-0.25, -0.2) is 0 Å². The first-order chi connectivity index (χ1) is 11.1. The number of allylic oxidation sites excluding steroid dienone is 1. The predicted octanol–water partition coefficient (Wildman–Crippen LogP) is 4.72. The van der Waals surface area contributed by atoms with Gasteiger partial charge in [-0.05, 0) is 38.7 Å². The highest BCUT2D eigenvalue weighted by atomic mass is 16.7. The van der Waals surface area contributed by atoms with Gasteiger partial charge in [-0.3, -0.25) is 0 Å². The third-order valence-corrected chi connectivity index (χ3v) is 4.09. The molecule has 2 atom stereocenters. The molecule has 0 aromatic heterocycles. The van der Waals surface area contributed by atoms with E-state index in [4.69, 9.17) is 14.2 Å². The number of benzene rings is 1. The lowest BCUT2D eigenvalue weighted by atomic mass is 9.99. The van der Waals surface area contributed by atoms with E-state index in [0.29, 0.717) is 12.5 Å². The molecule has 2 unspecified atom stereocenters. The molecule has 1 fully saturated rings. The van der Waals surface area contributed by atoms with E-state index in [1.165, 1.54) is 5.56 Å². The summed E-state index contributed by atoms with van der Waals surface area (Å²) in [4.78, 5) is 0. The lowest BCUT2D eigenvalue weighted by Gasteiger charge is -2.39. The fraction of sp³-hybridized carbons (Fsp3) is 0.600. The average molecular weight is 318 g/mol. The van der Waals surface area contributed by atoms with Crippen molar-refractivity contribution in [3.63, 3.8) is 0 Å². The molecule has 0 aliphatic carbocycles. The predicted molar refractivity (Wildman–Crippen MR) is 93.2 cm³/mol. The maximum absolute atomic E-state index is 6.00. The second-order valence-electron chi connectivity index (χ2n) is 6.72. The minimum atomic E-state index is -0.438. The van der Waals surface area contributed by atoms with Gasteiger partial charge in [-0.15, -0.1) is 0 Å². The van der Waals surface area contributed by atoms with Gasteiger partial charge in [0.25, 0.3) is 0 Å². The summed E-state index contributed by atoms with van der Waals surface area (Å²) in [5, 5.41) is 0. The van der Waals surface area contributed by atoms with E-state index in [1.807, 2.05) is 32.0 Å². The Labute approximate surface area is 140 Å². The Morgan fingerprint density at radius 3 is 2.70 bits per heavy atom. The zero-order chi connectivity index (χ0) is 16.5. The molecule has 0 bridgehead atoms. The van der Waals surface area contributed by atoms with Crippen LogP contribution in [0.4, 0.5) is 0 Å². The number of rotatable bonds is 8. The molecule has 2 rings (SSSR count). The Hall–Kier alpha value is -1.16. The summed E-state index contributed by atoms with van der Waals surface area (Å²) in [7, 11) is 0. The maximum atomic E-state index is 6.00. The van der Waals surface area contributed by atoms with Gasteiger partial charge in [0.2, 0.25) is 0 Å². The Bertz CT molecular complexity index is 467. The molecule has 1 aliphatic heterocycles. The Morgan fingerprint density at radius 1 is 1.17 bits per heavy atom. The third kappa shape index (κ3) is 6.86. The van der Waals surface area contributed by atoms with Crippen LogP contribution in [0.2, 0.25) is 0 Å². The molecule has 0 saturated carbocycles. The second-order valence-corrected chi connectivity index (χ2v) is 6.72. The highest BCUT2D eigenvalue weighted by Gasteiger charge is 2.33. The van der Waals surface area contributed by atoms with Crippen LogP contribution in [0.5, 0.6) is 0 Å². The van der Waals surface area contributed by atoms with E-state index in [2.05, 4.69) is 31.2 Å². The Morgan fingerprint density at radius 2 is 1.91 bits per heavy atom. The first-order valence-electron chi connectivity index (χ1n) is 8.65. The first-order valence-corrected chi connectivity index (χ1v) is 8.65. The zero-order valence-electron chi connectivity index (χ0n) is 14.7. The highest BCUT2D eigenvalue weighted by Crippen LogP contribution is 2.28. The largest absolute Gasteiger partial charge is 0.376 e. The van der Waals surface area contributed by atoms with Gasteiger partial charge in [0, 0.05) is 5.92 Å². The maximum Gasteiger partial charge on any atom is 0.163 e. The number of hydrogen-bond acceptors (Lipinski definition) is 3. The summed E-state index contributed by atoms with van der Waals surface area (Å²) >= 11 is 0. The summed E-state index contributed by atoms with van der Waals surface area (Å²) in [5.41, 5.74) is 1.23. The van der Waals surface area contributed by atoms with Gasteiger partial charge < -0.3 is 14.2 Å². The Kier molecular flexibility index (Phi) is 7.28. The van der Waals surface area contributed by atoms with Gasteiger partial charge >= 0.3 is 0 Å². The number of ether oxygens (including phenoxy) is 3. The van der Waals surface area contributed by atoms with E-state index in [0.717, 1.165) is 32.5 Å². The van der Waals surface area contributed by atoms with Crippen molar-refractivity contribution in [2.75, 3.05) is 13.2 Å². The van der Waals surface area contributed by atoms with Crippen LogP contribution in [-0.4, -0.2) is 25.1 Å². The van der Waals surface area contributed by atoms with Crippen molar-refractivity contribution >= 4 is 0 Å². The van der Waals surface area contributed by atoms with Gasteiger partial charge in [0.15, 0.2) is 5.79 Å². The smallest absolute Gasteiger partial charge is 0.163 e. The SMILES string of the molecule is CC1COC(C)(C)OC1CC/C=C/CCOCc1ccccc1. The van der Waals surface area contributed by atoms with Crippen LogP contribution in [-0.2, 0) is 20.8 Å². The quantitative estimate of drug-likeness (QED) is 0.513. The van der Waals surface area contributed by atoms with Crippen molar-refractivity contribution in [3.05, 3.63) is 48.0 Å². The topological polar surface area (TPSA) is 27.7 Å². The second kappa shape index (κ2) is 9.21. The molecule has 0 amide bonds. The molecular weight excluding hydrogens is 288 g/mol. The molecule has 0 spiro atoms. The van der Waals surface area contributed by atoms with E-state index in [1.54, 1.807) is 0 Å². The molecule has 0 N–H and O–H groups in total. The van der Waals surface area contributed by atoms with Crippen LogP contribution >= 0.6 is 0 Å². The summed E-state index contributed by atoms with van der Waals surface area (Å²) in [5.74, 6) is 0.0252. The third-order valence-electron chi connectivity index (χ3n) is 4.09. The van der Waals surface area contributed by atoms with E-state index in [9.17, 15) is 0 Å². The molecular formula is C20H30O3. The lowest BCUT2D eigenvalue weighted by molar-refractivity contribution is -0.291. The summed E-state index contributed by atoms with van der Waals surface area (Å²) in [6, 6.07) is 10.3.